The van der Waals surface area contributed by atoms with Gasteiger partial charge in [-0.1, -0.05) is 182 Å². The van der Waals surface area contributed by atoms with Crippen molar-refractivity contribution in [3.8, 4) is 22.3 Å². The molecule has 0 saturated heterocycles. The molecule has 0 aliphatic heterocycles. The van der Waals surface area contributed by atoms with Gasteiger partial charge in [-0.05, 0) is 174 Å². The molecule has 0 heterocycles. The predicted octanol–water partition coefficient (Wildman–Crippen LogP) is 20.2. The summed E-state index contributed by atoms with van der Waals surface area (Å²) in [5.74, 6) is 0.287. The van der Waals surface area contributed by atoms with Crippen molar-refractivity contribution < 1.29 is 0 Å². The van der Waals surface area contributed by atoms with Crippen LogP contribution in [0.4, 0.5) is 62.6 Å². The van der Waals surface area contributed by atoms with E-state index >= 15 is 0 Å². The quantitative estimate of drug-likeness (QED) is 0.101. The summed E-state index contributed by atoms with van der Waals surface area (Å²) in [6.45, 7) is 0. The lowest BCUT2D eigenvalue weighted by atomic mass is 9.91. The largest absolute Gasteiger partial charge is 0.311 e. The molecule has 4 heteroatoms. The van der Waals surface area contributed by atoms with E-state index in [0.717, 1.165) is 91.2 Å². The van der Waals surface area contributed by atoms with Crippen molar-refractivity contribution in [3.63, 3.8) is 0 Å². The van der Waals surface area contributed by atoms with Gasteiger partial charge < -0.3 is 19.6 Å². The highest BCUT2D eigenvalue weighted by atomic mass is 15.2. The lowest BCUT2D eigenvalue weighted by Gasteiger charge is -2.29. The summed E-state index contributed by atoms with van der Waals surface area (Å²) in [6.07, 6.45) is 7.92. The van der Waals surface area contributed by atoms with E-state index in [4.69, 9.17) is 0 Å². The van der Waals surface area contributed by atoms with Crippen LogP contribution in [0.25, 0.3) is 22.3 Å². The minimum absolute atomic E-state index is 0.287. The number of rotatable bonds is 15. The molecular weight excluding hydrogens is 921 g/mol. The van der Waals surface area contributed by atoms with Crippen LogP contribution in [-0.2, 0) is 0 Å². The Kier molecular flexibility index (Phi) is 13.7. The molecule has 1 aliphatic carbocycles. The van der Waals surface area contributed by atoms with E-state index in [2.05, 4.69) is 341 Å². The Morgan fingerprint density at radius 1 is 0.224 bits per heavy atom. The summed E-state index contributed by atoms with van der Waals surface area (Å²) in [6, 6.07) is 108. The van der Waals surface area contributed by atoms with E-state index in [9.17, 15) is 0 Å². The maximum absolute atomic E-state index is 2.37. The molecule has 0 saturated carbocycles. The van der Waals surface area contributed by atoms with Gasteiger partial charge in [-0.2, -0.15) is 0 Å². The molecule has 0 radical (unpaired) electrons. The van der Waals surface area contributed by atoms with Crippen molar-refractivity contribution in [2.24, 2.45) is 0 Å². The molecule has 0 bridgehead atoms. The number of hydrogen-bond acceptors (Lipinski definition) is 4. The average Bonchev–Trinajstić information content (AvgIpc) is 3.50. The molecule has 0 aromatic heterocycles. The Morgan fingerprint density at radius 2 is 0.447 bits per heavy atom. The van der Waals surface area contributed by atoms with Gasteiger partial charge in [0.2, 0.25) is 0 Å². The third-order valence-corrected chi connectivity index (χ3v) is 14.2. The monoisotopic (exact) mass is 976 g/mol. The predicted molar refractivity (Wildman–Crippen MR) is 321 cm³/mol. The van der Waals surface area contributed by atoms with Gasteiger partial charge >= 0.3 is 0 Å². The SMILES string of the molecule is C1=CC(c2ccc(N(c3ccccc3)c3ccc(-c4ccc(N(c5ccccc5)c5ccc(-c6ccc(N(c7ccccc7)c7ccccc7)cc6)cc5)cc4)cc3)cc2)CC=C1N(c1ccccc1)c1ccccc1. The molecule has 11 aromatic carbocycles. The highest BCUT2D eigenvalue weighted by molar-refractivity contribution is 5.83. The molecule has 12 rings (SSSR count). The van der Waals surface area contributed by atoms with Gasteiger partial charge in [0, 0.05) is 74.2 Å². The lowest BCUT2D eigenvalue weighted by molar-refractivity contribution is 0.840. The topological polar surface area (TPSA) is 13.0 Å². The van der Waals surface area contributed by atoms with E-state index in [1.165, 1.54) is 11.3 Å². The van der Waals surface area contributed by atoms with Gasteiger partial charge in [0.1, 0.15) is 0 Å². The highest BCUT2D eigenvalue weighted by Crippen LogP contribution is 2.41. The third kappa shape index (κ3) is 10.2. The molecule has 4 nitrogen and oxygen atoms in total. The smallest absolute Gasteiger partial charge is 0.0462 e. The Labute approximate surface area is 447 Å². The van der Waals surface area contributed by atoms with E-state index in [1.807, 2.05) is 0 Å². The summed E-state index contributed by atoms with van der Waals surface area (Å²) in [5.41, 5.74) is 19.4. The molecule has 364 valence electrons. The van der Waals surface area contributed by atoms with Crippen LogP contribution in [0.2, 0.25) is 0 Å². The molecule has 0 fully saturated rings. The van der Waals surface area contributed by atoms with Gasteiger partial charge in [-0.25, -0.2) is 0 Å². The maximum Gasteiger partial charge on any atom is 0.0462 e. The molecule has 1 aliphatic rings. The summed E-state index contributed by atoms with van der Waals surface area (Å²) < 4.78 is 0. The molecule has 1 atom stereocenters. The molecule has 0 amide bonds. The van der Waals surface area contributed by atoms with Crippen LogP contribution in [-0.4, -0.2) is 0 Å². The Balaban J connectivity index is 0.761. The minimum atomic E-state index is 0.287. The van der Waals surface area contributed by atoms with Gasteiger partial charge in [-0.15, -0.1) is 0 Å². The molecular formula is C72H56N4. The van der Waals surface area contributed by atoms with Crippen LogP contribution in [0, 0.1) is 0 Å². The molecule has 0 N–H and O–H groups in total. The zero-order valence-corrected chi connectivity index (χ0v) is 42.2. The van der Waals surface area contributed by atoms with Crippen molar-refractivity contribution in [1.29, 1.82) is 0 Å². The van der Waals surface area contributed by atoms with Crippen molar-refractivity contribution >= 4 is 62.6 Å². The number of allylic oxidation sites excluding steroid dienone is 3. The Morgan fingerprint density at radius 3 is 0.684 bits per heavy atom. The van der Waals surface area contributed by atoms with Crippen molar-refractivity contribution in [1.82, 2.24) is 0 Å². The van der Waals surface area contributed by atoms with E-state index < -0.39 is 0 Å². The van der Waals surface area contributed by atoms with E-state index in [0.29, 0.717) is 0 Å². The Hall–Kier alpha value is -9.90. The number of anilines is 11. The number of para-hydroxylation sites is 6. The van der Waals surface area contributed by atoms with Crippen LogP contribution in [0.3, 0.4) is 0 Å². The van der Waals surface area contributed by atoms with Gasteiger partial charge in [0.15, 0.2) is 0 Å². The summed E-state index contributed by atoms with van der Waals surface area (Å²) in [7, 11) is 0. The minimum Gasteiger partial charge on any atom is -0.311 e. The maximum atomic E-state index is 2.37. The Bertz CT molecular complexity index is 3580. The second-order valence-electron chi connectivity index (χ2n) is 19.0. The zero-order chi connectivity index (χ0) is 50.9. The van der Waals surface area contributed by atoms with Crippen molar-refractivity contribution in [3.05, 3.63) is 333 Å². The number of benzene rings is 11. The van der Waals surface area contributed by atoms with Crippen molar-refractivity contribution in [2.75, 3.05) is 19.6 Å². The first-order valence-electron chi connectivity index (χ1n) is 26.1. The summed E-state index contributed by atoms with van der Waals surface area (Å²) in [5, 5.41) is 0. The first-order chi connectivity index (χ1) is 37.7. The number of nitrogens with zero attached hydrogens (tertiary/aromatic N) is 4. The molecule has 0 spiro atoms. The van der Waals surface area contributed by atoms with Crippen LogP contribution in [0.1, 0.15) is 17.9 Å². The molecule has 11 aromatic rings. The van der Waals surface area contributed by atoms with Crippen LogP contribution in [0.5, 0.6) is 0 Å². The molecule has 1 unspecified atom stereocenters. The van der Waals surface area contributed by atoms with Crippen molar-refractivity contribution in [2.45, 2.75) is 12.3 Å². The summed E-state index contributed by atoms with van der Waals surface area (Å²) in [4.78, 5) is 9.29. The fourth-order valence-electron chi connectivity index (χ4n) is 10.4. The van der Waals surface area contributed by atoms with Gasteiger partial charge in [0.05, 0.1) is 0 Å². The average molecular weight is 977 g/mol. The summed E-state index contributed by atoms with van der Waals surface area (Å²) >= 11 is 0. The van der Waals surface area contributed by atoms with Crippen LogP contribution in [0.15, 0.2) is 327 Å². The van der Waals surface area contributed by atoms with Crippen LogP contribution < -0.4 is 19.6 Å². The zero-order valence-electron chi connectivity index (χ0n) is 42.2. The highest BCUT2D eigenvalue weighted by Gasteiger charge is 2.20. The first kappa shape index (κ1) is 47.1. The standard InChI is InChI=1S/C72H56N4/c1-7-19-61(20-8-1)73(62-21-9-2-10-22-62)67-43-31-55(32-44-67)57-35-47-69(48-36-57)75(65-27-15-5-16-28-65)71-51-39-59(40-52-71)60-41-53-72(54-42-60)76(66-29-17-6-18-30-66)70-49-37-58(38-50-70)56-33-45-68(46-34-56)74(63-23-11-3-12-24-63)64-25-13-4-14-26-64/h1-33,35-54,56H,34H2. The normalized spacial score (nSPS) is 12.8. The van der Waals surface area contributed by atoms with Gasteiger partial charge in [-0.3, -0.25) is 0 Å². The second-order valence-corrected chi connectivity index (χ2v) is 19.0. The number of hydrogen-bond donors (Lipinski definition) is 0. The molecule has 76 heavy (non-hydrogen) atoms. The lowest BCUT2D eigenvalue weighted by Crippen LogP contribution is -2.17. The fraction of sp³-hybridized carbons (Fsp3) is 0.0278. The van der Waals surface area contributed by atoms with Gasteiger partial charge in [0.25, 0.3) is 0 Å². The third-order valence-electron chi connectivity index (χ3n) is 14.2. The fourth-order valence-corrected chi connectivity index (χ4v) is 10.4. The van der Waals surface area contributed by atoms with Crippen LogP contribution >= 0.6 is 0 Å². The first-order valence-corrected chi connectivity index (χ1v) is 26.1. The van der Waals surface area contributed by atoms with E-state index in [1.54, 1.807) is 0 Å². The van der Waals surface area contributed by atoms with E-state index in [-0.39, 0.29) is 5.92 Å². The second kappa shape index (κ2) is 22.1.